The van der Waals surface area contributed by atoms with Crippen molar-refractivity contribution in [1.82, 2.24) is 0 Å². The number of benzene rings is 2. The van der Waals surface area contributed by atoms with Gasteiger partial charge in [-0.1, -0.05) is 12.1 Å². The molecule has 0 atom stereocenters. The van der Waals surface area contributed by atoms with Gasteiger partial charge in [0.15, 0.2) is 0 Å². The molecule has 5 heteroatoms. The first-order valence-electron chi connectivity index (χ1n) is 7.13. The molecule has 0 saturated carbocycles. The number of phenolic OH excluding ortho intramolecular Hbond substituents is 3. The molecular weight excluding hydrogens is 282 g/mol. The molecule has 0 amide bonds. The Morgan fingerprint density at radius 1 is 0.909 bits per heavy atom. The van der Waals surface area contributed by atoms with Crippen molar-refractivity contribution in [3.63, 3.8) is 0 Å². The van der Waals surface area contributed by atoms with E-state index in [-0.39, 0.29) is 28.4 Å². The first kappa shape index (κ1) is 15.7. The number of hydrogen-bond donors (Lipinski definition) is 3. The lowest BCUT2D eigenvalue weighted by Gasteiger charge is -2.23. The summed E-state index contributed by atoms with van der Waals surface area (Å²) in [5, 5.41) is 29.8. The van der Waals surface area contributed by atoms with E-state index < -0.39 is 5.78 Å². The van der Waals surface area contributed by atoms with Crippen LogP contribution in [0, 0.1) is 0 Å². The molecule has 0 heterocycles. The van der Waals surface area contributed by atoms with E-state index in [0.29, 0.717) is 18.8 Å². The molecule has 0 radical (unpaired) electrons. The Balaban J connectivity index is 2.54. The number of para-hydroxylation sites is 1. The zero-order valence-corrected chi connectivity index (χ0v) is 12.6. The van der Waals surface area contributed by atoms with Crippen LogP contribution < -0.4 is 4.90 Å². The normalized spacial score (nSPS) is 10.5. The summed E-state index contributed by atoms with van der Waals surface area (Å²) in [6.07, 6.45) is 0. The van der Waals surface area contributed by atoms with Crippen LogP contribution in [0.2, 0.25) is 0 Å². The molecule has 0 bridgehead atoms. The molecule has 0 aliphatic rings. The van der Waals surface area contributed by atoms with E-state index in [1.807, 2.05) is 18.7 Å². The van der Waals surface area contributed by atoms with E-state index in [4.69, 9.17) is 0 Å². The van der Waals surface area contributed by atoms with Gasteiger partial charge in [-0.3, -0.25) is 4.79 Å². The minimum atomic E-state index is -0.496. The average molecular weight is 301 g/mol. The van der Waals surface area contributed by atoms with Crippen LogP contribution in [0.15, 0.2) is 36.4 Å². The molecule has 0 saturated heterocycles. The van der Waals surface area contributed by atoms with Crippen LogP contribution in [0.3, 0.4) is 0 Å². The number of nitrogens with zero attached hydrogens (tertiary/aromatic N) is 1. The first-order valence-corrected chi connectivity index (χ1v) is 7.13. The monoisotopic (exact) mass is 301 g/mol. The van der Waals surface area contributed by atoms with Gasteiger partial charge in [-0.2, -0.15) is 0 Å². The van der Waals surface area contributed by atoms with Crippen molar-refractivity contribution < 1.29 is 20.1 Å². The fourth-order valence-corrected chi connectivity index (χ4v) is 2.38. The Bertz CT molecular complexity index is 693. The molecule has 22 heavy (non-hydrogen) atoms. The Hall–Kier alpha value is -2.69. The van der Waals surface area contributed by atoms with Crippen molar-refractivity contribution in [1.29, 1.82) is 0 Å². The molecule has 0 aliphatic carbocycles. The summed E-state index contributed by atoms with van der Waals surface area (Å²) in [4.78, 5) is 14.4. The Morgan fingerprint density at radius 3 is 2.14 bits per heavy atom. The minimum Gasteiger partial charge on any atom is -0.507 e. The molecule has 0 unspecified atom stereocenters. The summed E-state index contributed by atoms with van der Waals surface area (Å²) in [5.41, 5.74) is 0.622. The van der Waals surface area contributed by atoms with Gasteiger partial charge >= 0.3 is 0 Å². The highest BCUT2D eigenvalue weighted by Crippen LogP contribution is 2.35. The second-order valence-electron chi connectivity index (χ2n) is 4.88. The SMILES string of the molecule is CCN(CC)c1cc(C(=O)c2ccccc2O)c(O)cc1O. The van der Waals surface area contributed by atoms with E-state index in [2.05, 4.69) is 0 Å². The quantitative estimate of drug-likeness (QED) is 0.740. The van der Waals surface area contributed by atoms with Gasteiger partial charge in [0.2, 0.25) is 5.78 Å². The highest BCUT2D eigenvalue weighted by molar-refractivity contribution is 6.12. The van der Waals surface area contributed by atoms with Crippen LogP contribution in [-0.4, -0.2) is 34.2 Å². The maximum Gasteiger partial charge on any atom is 0.200 e. The van der Waals surface area contributed by atoms with Crippen LogP contribution in [0.4, 0.5) is 5.69 Å². The fourth-order valence-electron chi connectivity index (χ4n) is 2.38. The van der Waals surface area contributed by atoms with Crippen molar-refractivity contribution in [2.24, 2.45) is 0 Å². The number of hydrogen-bond acceptors (Lipinski definition) is 5. The minimum absolute atomic E-state index is 0.0428. The van der Waals surface area contributed by atoms with E-state index in [9.17, 15) is 20.1 Å². The Labute approximate surface area is 129 Å². The number of ketones is 1. The third kappa shape index (κ3) is 2.83. The number of carbonyl (C=O) groups excluding carboxylic acids is 1. The van der Waals surface area contributed by atoms with Gasteiger partial charge in [0.05, 0.1) is 16.8 Å². The predicted octanol–water partition coefficient (Wildman–Crippen LogP) is 2.88. The third-order valence-electron chi connectivity index (χ3n) is 3.59. The van der Waals surface area contributed by atoms with Gasteiger partial charge in [0.25, 0.3) is 0 Å². The number of aromatic hydroxyl groups is 3. The second kappa shape index (κ2) is 6.39. The molecule has 0 aromatic heterocycles. The summed E-state index contributed by atoms with van der Waals surface area (Å²) in [7, 11) is 0. The molecule has 0 fully saturated rings. The number of carbonyl (C=O) groups is 1. The van der Waals surface area contributed by atoms with Crippen LogP contribution in [-0.2, 0) is 0 Å². The third-order valence-corrected chi connectivity index (χ3v) is 3.59. The summed E-state index contributed by atoms with van der Waals surface area (Å²) in [6.45, 7) is 5.17. The van der Waals surface area contributed by atoms with Crippen molar-refractivity contribution >= 4 is 11.5 Å². The van der Waals surface area contributed by atoms with Crippen LogP contribution in [0.25, 0.3) is 0 Å². The van der Waals surface area contributed by atoms with Crippen molar-refractivity contribution in [2.45, 2.75) is 13.8 Å². The van der Waals surface area contributed by atoms with E-state index in [1.54, 1.807) is 12.1 Å². The molecule has 116 valence electrons. The smallest absolute Gasteiger partial charge is 0.200 e. The summed E-state index contributed by atoms with van der Waals surface area (Å²) < 4.78 is 0. The van der Waals surface area contributed by atoms with E-state index >= 15 is 0 Å². The van der Waals surface area contributed by atoms with Gasteiger partial charge in [0.1, 0.15) is 17.2 Å². The largest absolute Gasteiger partial charge is 0.507 e. The Morgan fingerprint density at radius 2 is 1.55 bits per heavy atom. The summed E-state index contributed by atoms with van der Waals surface area (Å²) in [5.74, 6) is -1.05. The van der Waals surface area contributed by atoms with Gasteiger partial charge in [-0.25, -0.2) is 0 Å². The highest BCUT2D eigenvalue weighted by atomic mass is 16.3. The number of phenols is 3. The molecular formula is C17H19NO4. The van der Waals surface area contributed by atoms with Crippen LogP contribution in [0.5, 0.6) is 17.2 Å². The predicted molar refractivity (Wildman–Crippen MR) is 84.9 cm³/mol. The molecule has 0 spiro atoms. The van der Waals surface area contributed by atoms with Crippen LogP contribution in [0.1, 0.15) is 29.8 Å². The fraction of sp³-hybridized carbons (Fsp3) is 0.235. The van der Waals surface area contributed by atoms with Crippen molar-refractivity contribution in [3.8, 4) is 17.2 Å². The van der Waals surface area contributed by atoms with Gasteiger partial charge in [-0.05, 0) is 32.0 Å². The summed E-state index contributed by atoms with van der Waals surface area (Å²) >= 11 is 0. The van der Waals surface area contributed by atoms with Crippen molar-refractivity contribution in [3.05, 3.63) is 47.5 Å². The summed E-state index contributed by atoms with van der Waals surface area (Å²) in [6, 6.07) is 8.75. The second-order valence-corrected chi connectivity index (χ2v) is 4.88. The maximum absolute atomic E-state index is 12.5. The standard InChI is InChI=1S/C17H19NO4/c1-3-18(4-2)13-9-12(15(20)10-16(13)21)17(22)11-7-5-6-8-14(11)19/h5-10,19-21H,3-4H2,1-2H3. The van der Waals surface area contributed by atoms with E-state index in [1.165, 1.54) is 18.2 Å². The zero-order valence-electron chi connectivity index (χ0n) is 12.6. The molecule has 2 rings (SSSR count). The number of rotatable bonds is 5. The molecule has 3 N–H and O–H groups in total. The average Bonchev–Trinajstić information content (AvgIpc) is 2.50. The number of anilines is 1. The lowest BCUT2D eigenvalue weighted by molar-refractivity contribution is 0.103. The van der Waals surface area contributed by atoms with Gasteiger partial charge in [0, 0.05) is 19.2 Å². The molecule has 5 nitrogen and oxygen atoms in total. The molecule has 0 aliphatic heterocycles. The Kier molecular flexibility index (Phi) is 4.56. The molecule has 2 aromatic rings. The lowest BCUT2D eigenvalue weighted by Crippen LogP contribution is -2.22. The molecule has 2 aromatic carbocycles. The van der Waals surface area contributed by atoms with Crippen LogP contribution >= 0.6 is 0 Å². The zero-order chi connectivity index (χ0) is 16.3. The lowest BCUT2D eigenvalue weighted by atomic mass is 10.0. The van der Waals surface area contributed by atoms with Gasteiger partial charge in [-0.15, -0.1) is 0 Å². The van der Waals surface area contributed by atoms with Gasteiger partial charge < -0.3 is 20.2 Å². The van der Waals surface area contributed by atoms with Crippen molar-refractivity contribution in [2.75, 3.05) is 18.0 Å². The topological polar surface area (TPSA) is 81.0 Å². The van der Waals surface area contributed by atoms with E-state index in [0.717, 1.165) is 6.07 Å². The highest BCUT2D eigenvalue weighted by Gasteiger charge is 2.20. The first-order chi connectivity index (χ1) is 10.5. The maximum atomic E-state index is 12.5.